The molecule has 0 spiro atoms. The van der Waals surface area contributed by atoms with Gasteiger partial charge in [-0.1, -0.05) is 44.7 Å². The number of carbonyl (C=O) groups is 1. The molecule has 1 fully saturated rings. The van der Waals surface area contributed by atoms with Gasteiger partial charge in [0.25, 0.3) is 0 Å². The highest BCUT2D eigenvalue weighted by molar-refractivity contribution is 5.67. The van der Waals surface area contributed by atoms with E-state index >= 15 is 0 Å². The van der Waals surface area contributed by atoms with Crippen LogP contribution >= 0.6 is 0 Å². The summed E-state index contributed by atoms with van der Waals surface area (Å²) in [6.07, 6.45) is 7.77. The van der Waals surface area contributed by atoms with Gasteiger partial charge in [0.1, 0.15) is 5.75 Å². The van der Waals surface area contributed by atoms with E-state index in [9.17, 15) is 9.90 Å². The first-order valence-corrected chi connectivity index (χ1v) is 11.0. The fourth-order valence-electron chi connectivity index (χ4n) is 4.30. The van der Waals surface area contributed by atoms with Gasteiger partial charge in [-0.3, -0.25) is 10.1 Å². The Morgan fingerprint density at radius 1 is 1.27 bits per heavy atom. The molecule has 0 saturated heterocycles. The zero-order chi connectivity index (χ0) is 21.3. The predicted octanol–water partition coefficient (Wildman–Crippen LogP) is 3.58. The summed E-state index contributed by atoms with van der Waals surface area (Å²) in [6, 6.07) is 7.40. The Morgan fingerprint density at radius 3 is 2.63 bits per heavy atom. The SMILES string of the molecule is CCCCn1nnnc1C(NC(CC(=O)O)C1CCCCC1)c1ccc(OC)cc1. The number of unbranched alkanes of at least 4 members (excludes halogenated alkanes) is 1. The molecule has 0 amide bonds. The summed E-state index contributed by atoms with van der Waals surface area (Å²) < 4.78 is 7.14. The van der Waals surface area contributed by atoms with E-state index in [0.29, 0.717) is 5.92 Å². The molecular formula is C22H33N5O3. The first kappa shape index (κ1) is 22.2. The van der Waals surface area contributed by atoms with E-state index in [4.69, 9.17) is 4.74 Å². The number of aryl methyl sites for hydroxylation is 1. The van der Waals surface area contributed by atoms with E-state index in [0.717, 1.165) is 62.2 Å². The zero-order valence-electron chi connectivity index (χ0n) is 18.0. The number of ether oxygens (including phenoxy) is 1. The zero-order valence-corrected chi connectivity index (χ0v) is 18.0. The van der Waals surface area contributed by atoms with Crippen molar-refractivity contribution >= 4 is 5.97 Å². The van der Waals surface area contributed by atoms with E-state index in [2.05, 4.69) is 27.8 Å². The van der Waals surface area contributed by atoms with Gasteiger partial charge < -0.3 is 9.84 Å². The van der Waals surface area contributed by atoms with Crippen LogP contribution in [0.15, 0.2) is 24.3 Å². The third-order valence-electron chi connectivity index (χ3n) is 5.98. The molecule has 2 N–H and O–H groups in total. The number of hydrogen-bond acceptors (Lipinski definition) is 6. The molecule has 8 heteroatoms. The van der Waals surface area contributed by atoms with Crippen molar-refractivity contribution in [2.75, 3.05) is 7.11 Å². The number of carboxylic acids is 1. The molecule has 2 atom stereocenters. The number of methoxy groups -OCH3 is 1. The van der Waals surface area contributed by atoms with Crippen LogP contribution in [-0.4, -0.2) is 44.4 Å². The van der Waals surface area contributed by atoms with Crippen LogP contribution < -0.4 is 10.1 Å². The minimum Gasteiger partial charge on any atom is -0.497 e. The second kappa shape index (κ2) is 11.1. The molecule has 0 bridgehead atoms. The number of nitrogens with one attached hydrogen (secondary N) is 1. The van der Waals surface area contributed by atoms with Crippen molar-refractivity contribution in [3.05, 3.63) is 35.7 Å². The summed E-state index contributed by atoms with van der Waals surface area (Å²) in [6.45, 7) is 2.87. The largest absolute Gasteiger partial charge is 0.497 e. The average Bonchev–Trinajstić information content (AvgIpc) is 3.24. The lowest BCUT2D eigenvalue weighted by Crippen LogP contribution is -2.42. The number of aromatic nitrogens is 4. The van der Waals surface area contributed by atoms with E-state index in [1.807, 2.05) is 28.9 Å². The number of carboxylic acid groups (broad SMARTS) is 1. The van der Waals surface area contributed by atoms with Crippen molar-refractivity contribution in [3.63, 3.8) is 0 Å². The van der Waals surface area contributed by atoms with Crippen LogP contribution in [0.1, 0.15) is 75.7 Å². The minimum atomic E-state index is -0.780. The fraction of sp³-hybridized carbons (Fsp3) is 0.636. The second-order valence-corrected chi connectivity index (χ2v) is 8.09. The Hall–Kier alpha value is -2.48. The van der Waals surface area contributed by atoms with E-state index in [-0.39, 0.29) is 18.5 Å². The lowest BCUT2D eigenvalue weighted by Gasteiger charge is -2.33. The average molecular weight is 416 g/mol. The van der Waals surface area contributed by atoms with Gasteiger partial charge in [-0.2, -0.15) is 0 Å². The normalized spacial score (nSPS) is 16.9. The molecule has 1 aliphatic rings. The van der Waals surface area contributed by atoms with Gasteiger partial charge >= 0.3 is 5.97 Å². The fourth-order valence-corrected chi connectivity index (χ4v) is 4.30. The van der Waals surface area contributed by atoms with Gasteiger partial charge in [-0.15, -0.1) is 5.10 Å². The number of aliphatic carboxylic acids is 1. The van der Waals surface area contributed by atoms with Crippen LogP contribution in [0.25, 0.3) is 0 Å². The standard InChI is InChI=1S/C22H33N5O3/c1-3-4-14-27-22(24-25-26-27)21(17-10-12-18(30-2)13-11-17)23-19(15-20(28)29)16-8-6-5-7-9-16/h10-13,16,19,21,23H,3-9,14-15H2,1-2H3,(H,28,29). The molecule has 0 radical (unpaired) electrons. The third-order valence-corrected chi connectivity index (χ3v) is 5.98. The van der Waals surface area contributed by atoms with Gasteiger partial charge in [-0.05, 0) is 53.3 Å². The van der Waals surface area contributed by atoms with E-state index < -0.39 is 5.97 Å². The van der Waals surface area contributed by atoms with Crippen LogP contribution in [0.2, 0.25) is 0 Å². The summed E-state index contributed by atoms with van der Waals surface area (Å²) >= 11 is 0. The van der Waals surface area contributed by atoms with Crippen LogP contribution in [0.5, 0.6) is 5.75 Å². The number of rotatable bonds is 11. The quantitative estimate of drug-likeness (QED) is 0.578. The lowest BCUT2D eigenvalue weighted by atomic mass is 9.82. The Bertz CT molecular complexity index is 786. The van der Waals surface area contributed by atoms with Crippen molar-refractivity contribution in [2.45, 2.75) is 76.9 Å². The van der Waals surface area contributed by atoms with Crippen molar-refractivity contribution in [3.8, 4) is 5.75 Å². The molecule has 0 aliphatic heterocycles. The Kier molecular flexibility index (Phi) is 8.19. The topological polar surface area (TPSA) is 102 Å². The maximum atomic E-state index is 11.6. The molecule has 3 rings (SSSR count). The lowest BCUT2D eigenvalue weighted by molar-refractivity contribution is -0.138. The molecule has 1 aromatic carbocycles. The Balaban J connectivity index is 1.92. The third kappa shape index (κ3) is 5.78. The number of nitrogens with zero attached hydrogens (tertiary/aromatic N) is 4. The first-order chi connectivity index (χ1) is 14.6. The van der Waals surface area contributed by atoms with Crippen LogP contribution in [0.4, 0.5) is 0 Å². The van der Waals surface area contributed by atoms with Gasteiger partial charge in [0.15, 0.2) is 5.82 Å². The van der Waals surface area contributed by atoms with Gasteiger partial charge in [0, 0.05) is 12.6 Å². The van der Waals surface area contributed by atoms with E-state index in [1.165, 1.54) is 6.42 Å². The Morgan fingerprint density at radius 2 is 2.00 bits per heavy atom. The summed E-state index contributed by atoms with van der Waals surface area (Å²) in [5.74, 6) is 1.06. The molecule has 2 aromatic rings. The summed E-state index contributed by atoms with van der Waals surface area (Å²) in [4.78, 5) is 11.6. The summed E-state index contributed by atoms with van der Waals surface area (Å²) in [5, 5.41) is 25.6. The van der Waals surface area contributed by atoms with Crippen LogP contribution in [0, 0.1) is 5.92 Å². The Labute approximate surface area is 178 Å². The van der Waals surface area contributed by atoms with Crippen LogP contribution in [-0.2, 0) is 11.3 Å². The first-order valence-electron chi connectivity index (χ1n) is 11.0. The molecular weight excluding hydrogens is 382 g/mol. The molecule has 8 nitrogen and oxygen atoms in total. The molecule has 1 saturated carbocycles. The number of hydrogen-bond donors (Lipinski definition) is 2. The molecule has 1 aromatic heterocycles. The van der Waals surface area contributed by atoms with Crippen LogP contribution in [0.3, 0.4) is 0 Å². The maximum Gasteiger partial charge on any atom is 0.304 e. The highest BCUT2D eigenvalue weighted by atomic mass is 16.5. The predicted molar refractivity (Wildman–Crippen MR) is 113 cm³/mol. The summed E-state index contributed by atoms with van der Waals surface area (Å²) in [7, 11) is 1.64. The van der Waals surface area contributed by atoms with Crippen molar-refractivity contribution in [2.24, 2.45) is 5.92 Å². The van der Waals surface area contributed by atoms with Crippen molar-refractivity contribution in [1.29, 1.82) is 0 Å². The molecule has 1 heterocycles. The molecule has 164 valence electrons. The van der Waals surface area contributed by atoms with Crippen molar-refractivity contribution in [1.82, 2.24) is 25.5 Å². The second-order valence-electron chi connectivity index (χ2n) is 8.09. The maximum absolute atomic E-state index is 11.6. The van der Waals surface area contributed by atoms with Crippen molar-refractivity contribution < 1.29 is 14.6 Å². The number of benzene rings is 1. The molecule has 2 unspecified atom stereocenters. The smallest absolute Gasteiger partial charge is 0.304 e. The van der Waals surface area contributed by atoms with Gasteiger partial charge in [-0.25, -0.2) is 4.68 Å². The summed E-state index contributed by atoms with van der Waals surface area (Å²) in [5.41, 5.74) is 0.995. The monoisotopic (exact) mass is 415 g/mol. The molecule has 1 aliphatic carbocycles. The van der Waals surface area contributed by atoms with Gasteiger partial charge in [0.05, 0.1) is 19.6 Å². The highest BCUT2D eigenvalue weighted by Crippen LogP contribution is 2.31. The van der Waals surface area contributed by atoms with E-state index in [1.54, 1.807) is 7.11 Å². The number of tetrazole rings is 1. The minimum absolute atomic E-state index is 0.0911. The molecule has 30 heavy (non-hydrogen) atoms. The van der Waals surface area contributed by atoms with Gasteiger partial charge in [0.2, 0.25) is 0 Å². The highest BCUT2D eigenvalue weighted by Gasteiger charge is 2.31.